The fourth-order valence-corrected chi connectivity index (χ4v) is 0.714. The number of nitrogens with zero attached hydrogens (tertiary/aromatic N) is 1. The highest BCUT2D eigenvalue weighted by Crippen LogP contribution is 1.95. The summed E-state index contributed by atoms with van der Waals surface area (Å²) in [4.78, 5) is 0. The summed E-state index contributed by atoms with van der Waals surface area (Å²) < 4.78 is 0. The maximum absolute atomic E-state index is 5.11. The van der Waals surface area contributed by atoms with E-state index in [0.717, 1.165) is 6.54 Å². The highest BCUT2D eigenvalue weighted by molar-refractivity contribution is 5.21. The molecule has 0 radical (unpaired) electrons. The molecule has 0 bridgehead atoms. The smallest absolute Gasteiger partial charge is 0.0348 e. The van der Waals surface area contributed by atoms with Crippen LogP contribution in [-0.4, -0.2) is 6.72 Å². The molecule has 0 aliphatic heterocycles. The van der Waals surface area contributed by atoms with Crippen LogP contribution in [0.5, 0.6) is 0 Å². The molecule has 0 heterocycles. The van der Waals surface area contributed by atoms with Crippen LogP contribution in [0.15, 0.2) is 35.4 Å². The van der Waals surface area contributed by atoms with Crippen molar-refractivity contribution in [3.05, 3.63) is 35.9 Å². The molecular weight excluding hydrogens is 152 g/mol. The van der Waals surface area contributed by atoms with Crippen molar-refractivity contribution < 1.29 is 0 Å². The van der Waals surface area contributed by atoms with Gasteiger partial charge in [0.2, 0.25) is 0 Å². The lowest BCUT2D eigenvalue weighted by Gasteiger charge is -1.95. The quantitative estimate of drug-likeness (QED) is 0.334. The van der Waals surface area contributed by atoms with E-state index >= 15 is 0 Å². The first kappa shape index (κ1) is 10.6. The predicted molar refractivity (Wildman–Crippen MR) is 51.2 cm³/mol. The first-order valence-electron chi connectivity index (χ1n) is 3.48. The molecule has 1 aromatic rings. The lowest BCUT2D eigenvalue weighted by atomic mass is 10.2. The number of hydrogen-bond donors (Lipinski definition) is 3. The normalized spacial score (nSPS) is 8.08. The van der Waals surface area contributed by atoms with Crippen molar-refractivity contribution in [2.75, 3.05) is 0 Å². The van der Waals surface area contributed by atoms with Crippen LogP contribution in [0.25, 0.3) is 0 Å². The molecule has 0 fully saturated rings. The van der Waals surface area contributed by atoms with Crippen LogP contribution in [0.1, 0.15) is 5.56 Å². The number of nitrogens with two attached hydrogens (primary N) is 2. The van der Waals surface area contributed by atoms with Crippen LogP contribution in [0.3, 0.4) is 0 Å². The molecule has 4 heteroatoms. The summed E-state index contributed by atoms with van der Waals surface area (Å²) in [5.41, 5.74) is 3.79. The topological polar surface area (TPSA) is 76.4 Å². The molecule has 0 saturated heterocycles. The average molecular weight is 166 g/mol. The molecule has 0 atom stereocenters. The van der Waals surface area contributed by atoms with Gasteiger partial charge in [-0.25, -0.2) is 0 Å². The van der Waals surface area contributed by atoms with Gasteiger partial charge in [0, 0.05) is 13.3 Å². The zero-order valence-electron chi connectivity index (χ0n) is 6.90. The third-order valence-electron chi connectivity index (χ3n) is 1.15. The van der Waals surface area contributed by atoms with E-state index in [-0.39, 0.29) is 0 Å². The van der Waals surface area contributed by atoms with Gasteiger partial charge in [-0.2, -0.15) is 5.10 Å². The Morgan fingerprint density at radius 2 is 1.83 bits per heavy atom. The fraction of sp³-hybridized carbons (Fsp3) is 0.125. The van der Waals surface area contributed by atoms with E-state index in [1.807, 2.05) is 30.3 Å². The number of rotatable bonds is 2. The van der Waals surface area contributed by atoms with Crippen molar-refractivity contribution in [3.63, 3.8) is 0 Å². The molecule has 12 heavy (non-hydrogen) atoms. The van der Waals surface area contributed by atoms with Gasteiger partial charge >= 0.3 is 0 Å². The molecule has 5 N–H and O–H groups in total. The summed E-state index contributed by atoms with van der Waals surface area (Å²) in [5.74, 6) is 9.47. The van der Waals surface area contributed by atoms with Gasteiger partial charge < -0.3 is 5.84 Å². The summed E-state index contributed by atoms with van der Waals surface area (Å²) in [6, 6.07) is 10.0. The summed E-state index contributed by atoms with van der Waals surface area (Å²) >= 11 is 0. The number of hydrazine groups is 1. The second-order valence-corrected chi connectivity index (χ2v) is 2.05. The van der Waals surface area contributed by atoms with Gasteiger partial charge in [0.15, 0.2) is 0 Å². The van der Waals surface area contributed by atoms with Gasteiger partial charge in [-0.05, 0) is 5.56 Å². The molecule has 1 aromatic carbocycles. The van der Waals surface area contributed by atoms with Gasteiger partial charge in [0.25, 0.3) is 0 Å². The van der Waals surface area contributed by atoms with Crippen molar-refractivity contribution >= 4 is 6.72 Å². The Balaban J connectivity index is 0.000000354. The molecule has 4 nitrogen and oxygen atoms in total. The minimum Gasteiger partial charge on any atom is -0.324 e. The highest BCUT2D eigenvalue weighted by Gasteiger charge is 1.83. The van der Waals surface area contributed by atoms with Crippen molar-refractivity contribution in [3.8, 4) is 0 Å². The van der Waals surface area contributed by atoms with Crippen molar-refractivity contribution in [2.24, 2.45) is 16.8 Å². The van der Waals surface area contributed by atoms with Crippen LogP contribution in [0.4, 0.5) is 0 Å². The van der Waals surface area contributed by atoms with E-state index in [0.29, 0.717) is 0 Å². The molecule has 0 aliphatic rings. The Bertz CT molecular complexity index is 197. The van der Waals surface area contributed by atoms with Crippen molar-refractivity contribution in [1.29, 1.82) is 0 Å². The zero-order chi connectivity index (χ0) is 9.23. The van der Waals surface area contributed by atoms with E-state index in [4.69, 9.17) is 5.84 Å². The summed E-state index contributed by atoms with van der Waals surface area (Å²) in [6.07, 6.45) is 0. The largest absolute Gasteiger partial charge is 0.324 e. The van der Waals surface area contributed by atoms with Crippen LogP contribution in [0, 0.1) is 0 Å². The van der Waals surface area contributed by atoms with E-state index in [1.165, 1.54) is 5.56 Å². The minimum absolute atomic E-state index is 0.737. The second kappa shape index (κ2) is 7.71. The first-order chi connectivity index (χ1) is 5.85. The maximum Gasteiger partial charge on any atom is 0.0348 e. The lowest BCUT2D eigenvalue weighted by molar-refractivity contribution is 0.741. The maximum atomic E-state index is 5.11. The van der Waals surface area contributed by atoms with Crippen LogP contribution in [0.2, 0.25) is 0 Å². The molecule has 1 rings (SSSR count). The molecular formula is C8H14N4. The molecule has 0 amide bonds. The van der Waals surface area contributed by atoms with E-state index in [2.05, 4.69) is 23.1 Å². The number of hydrogen-bond acceptors (Lipinski definition) is 4. The van der Waals surface area contributed by atoms with Crippen LogP contribution < -0.4 is 17.1 Å². The minimum atomic E-state index is 0.737. The predicted octanol–water partition coefficient (Wildman–Crippen LogP) is 0.211. The Labute approximate surface area is 72.2 Å². The van der Waals surface area contributed by atoms with E-state index in [9.17, 15) is 0 Å². The summed E-state index contributed by atoms with van der Waals surface area (Å²) in [7, 11) is 0. The molecule has 0 aliphatic carbocycles. The van der Waals surface area contributed by atoms with Crippen molar-refractivity contribution in [1.82, 2.24) is 5.43 Å². The monoisotopic (exact) mass is 166 g/mol. The molecule has 0 aromatic heterocycles. The SMILES string of the molecule is C=NN.NNCc1ccccc1. The third kappa shape index (κ3) is 5.40. The van der Waals surface area contributed by atoms with Crippen molar-refractivity contribution in [2.45, 2.75) is 6.54 Å². The number of nitrogens with one attached hydrogen (secondary N) is 1. The van der Waals surface area contributed by atoms with Crippen LogP contribution in [-0.2, 0) is 6.54 Å². The van der Waals surface area contributed by atoms with E-state index < -0.39 is 0 Å². The van der Waals surface area contributed by atoms with Crippen LogP contribution >= 0.6 is 0 Å². The first-order valence-corrected chi connectivity index (χ1v) is 3.48. The summed E-state index contributed by atoms with van der Waals surface area (Å²) in [5, 5.41) is 2.75. The van der Waals surface area contributed by atoms with Gasteiger partial charge in [-0.15, -0.1) is 0 Å². The molecule has 66 valence electrons. The van der Waals surface area contributed by atoms with Gasteiger partial charge in [-0.1, -0.05) is 30.3 Å². The zero-order valence-corrected chi connectivity index (χ0v) is 6.90. The summed E-state index contributed by atoms with van der Waals surface area (Å²) in [6.45, 7) is 3.63. The third-order valence-corrected chi connectivity index (χ3v) is 1.15. The van der Waals surface area contributed by atoms with Gasteiger partial charge in [0.05, 0.1) is 0 Å². The second-order valence-electron chi connectivity index (χ2n) is 2.05. The molecule has 0 unspecified atom stereocenters. The molecule has 0 saturated carbocycles. The number of hydrazone groups is 1. The average Bonchev–Trinajstić information content (AvgIpc) is 2.08. The highest BCUT2D eigenvalue weighted by atomic mass is 15.2. The fourth-order valence-electron chi connectivity index (χ4n) is 0.714. The van der Waals surface area contributed by atoms with Gasteiger partial charge in [0.1, 0.15) is 0 Å². The lowest BCUT2D eigenvalue weighted by Crippen LogP contribution is -2.20. The molecule has 0 spiro atoms. The Morgan fingerprint density at radius 3 is 2.25 bits per heavy atom. The Morgan fingerprint density at radius 1 is 1.33 bits per heavy atom. The van der Waals surface area contributed by atoms with E-state index in [1.54, 1.807) is 0 Å². The van der Waals surface area contributed by atoms with Gasteiger partial charge in [-0.3, -0.25) is 11.3 Å². The Kier molecular flexibility index (Phi) is 6.82. The Hall–Kier alpha value is -1.39. The standard InChI is InChI=1S/C7H10N2.CH4N2/c8-9-6-7-4-2-1-3-5-7;1-3-2/h1-5,9H,6,8H2;1-2H2. The number of benzene rings is 1.